The zero-order valence-electron chi connectivity index (χ0n) is 11.0. The van der Waals surface area contributed by atoms with Gasteiger partial charge in [-0.15, -0.1) is 0 Å². The van der Waals surface area contributed by atoms with Crippen LogP contribution in [-0.4, -0.2) is 19.7 Å². The molecule has 2 N–H and O–H groups in total. The Hall–Kier alpha value is -1.98. The fourth-order valence-electron chi connectivity index (χ4n) is 2.35. The lowest BCUT2D eigenvalue weighted by atomic mass is 10.0. The summed E-state index contributed by atoms with van der Waals surface area (Å²) in [5.74, 6) is 0. The molecule has 2 aromatic heterocycles. The van der Waals surface area contributed by atoms with Gasteiger partial charge in [0.2, 0.25) is 0 Å². The first-order chi connectivity index (χ1) is 9.72. The minimum absolute atomic E-state index is 0.384. The second-order valence-corrected chi connectivity index (χ2v) is 4.85. The number of benzene rings is 1. The van der Waals surface area contributed by atoms with Crippen LogP contribution in [0.5, 0.6) is 0 Å². The van der Waals surface area contributed by atoms with Crippen LogP contribution in [0.4, 0.5) is 0 Å². The summed E-state index contributed by atoms with van der Waals surface area (Å²) >= 11 is 6.22. The van der Waals surface area contributed by atoms with Crippen LogP contribution >= 0.6 is 11.6 Å². The molecule has 0 saturated carbocycles. The summed E-state index contributed by atoms with van der Waals surface area (Å²) in [6, 6.07) is 5.40. The van der Waals surface area contributed by atoms with Crippen molar-refractivity contribution in [3.63, 3.8) is 0 Å². The molecule has 102 valence electrons. The lowest BCUT2D eigenvalue weighted by Gasteiger charge is -2.15. The summed E-state index contributed by atoms with van der Waals surface area (Å²) in [6.45, 7) is 2.72. The smallest absolute Gasteiger partial charge is 0.0938 e. The highest BCUT2D eigenvalue weighted by Crippen LogP contribution is 2.29. The topological polar surface area (TPSA) is 69.6 Å². The molecule has 3 aromatic rings. The fraction of sp³-hybridized carbons (Fsp3) is 0.214. The number of halogens is 1. The van der Waals surface area contributed by atoms with Gasteiger partial charge in [-0.3, -0.25) is 14.6 Å². The van der Waals surface area contributed by atoms with Crippen molar-refractivity contribution in [1.82, 2.24) is 19.7 Å². The van der Waals surface area contributed by atoms with Crippen LogP contribution in [0.25, 0.3) is 11.0 Å². The average Bonchev–Trinajstić information content (AvgIpc) is 2.87. The SMILES string of the molecule is CCn1ncc(Cl)c1C(N)c1cccc2nccnc12. The minimum atomic E-state index is -0.384. The van der Waals surface area contributed by atoms with Crippen LogP contribution in [0, 0.1) is 0 Å². The van der Waals surface area contributed by atoms with E-state index in [1.807, 2.05) is 29.8 Å². The van der Waals surface area contributed by atoms with E-state index in [1.54, 1.807) is 18.6 Å². The molecule has 2 heterocycles. The summed E-state index contributed by atoms with van der Waals surface area (Å²) in [5.41, 5.74) is 9.70. The van der Waals surface area contributed by atoms with Crippen LogP contribution in [0.1, 0.15) is 24.2 Å². The van der Waals surface area contributed by atoms with Gasteiger partial charge in [0.25, 0.3) is 0 Å². The summed E-state index contributed by atoms with van der Waals surface area (Å²) in [5, 5.41) is 4.80. The highest BCUT2D eigenvalue weighted by molar-refractivity contribution is 6.31. The number of hydrogen-bond acceptors (Lipinski definition) is 4. The molecule has 0 aliphatic carbocycles. The van der Waals surface area contributed by atoms with Crippen molar-refractivity contribution in [1.29, 1.82) is 0 Å². The van der Waals surface area contributed by atoms with Gasteiger partial charge in [-0.05, 0) is 13.0 Å². The lowest BCUT2D eigenvalue weighted by Crippen LogP contribution is -2.18. The first-order valence-corrected chi connectivity index (χ1v) is 6.76. The molecule has 0 bridgehead atoms. The van der Waals surface area contributed by atoms with Crippen molar-refractivity contribution in [2.75, 3.05) is 0 Å². The molecule has 0 fully saturated rings. The number of para-hydroxylation sites is 1. The maximum atomic E-state index is 6.39. The number of nitrogens with two attached hydrogens (primary N) is 1. The molecule has 0 spiro atoms. The van der Waals surface area contributed by atoms with Crippen LogP contribution < -0.4 is 5.73 Å². The van der Waals surface area contributed by atoms with Crippen LogP contribution in [0.15, 0.2) is 36.8 Å². The Labute approximate surface area is 121 Å². The van der Waals surface area contributed by atoms with Gasteiger partial charge in [0.05, 0.1) is 34.0 Å². The maximum Gasteiger partial charge on any atom is 0.0938 e. The summed E-state index contributed by atoms with van der Waals surface area (Å²) in [6.07, 6.45) is 4.95. The van der Waals surface area contributed by atoms with Gasteiger partial charge in [0, 0.05) is 24.5 Å². The Morgan fingerprint density at radius 2 is 2.10 bits per heavy atom. The number of rotatable bonds is 3. The highest BCUT2D eigenvalue weighted by atomic mass is 35.5. The van der Waals surface area contributed by atoms with Crippen LogP contribution in [0.3, 0.4) is 0 Å². The highest BCUT2D eigenvalue weighted by Gasteiger charge is 2.20. The first-order valence-electron chi connectivity index (χ1n) is 6.38. The summed E-state index contributed by atoms with van der Waals surface area (Å²) < 4.78 is 1.81. The first kappa shape index (κ1) is 13.0. The largest absolute Gasteiger partial charge is 0.319 e. The number of hydrogen-bond donors (Lipinski definition) is 1. The van der Waals surface area contributed by atoms with Crippen molar-refractivity contribution in [2.24, 2.45) is 5.73 Å². The van der Waals surface area contributed by atoms with E-state index in [-0.39, 0.29) is 6.04 Å². The number of nitrogens with zero attached hydrogens (tertiary/aromatic N) is 4. The standard InChI is InChI=1S/C14H14ClN5/c1-2-20-14(10(15)8-19-20)12(16)9-4-3-5-11-13(9)18-7-6-17-11/h3-8,12H,2,16H2,1H3. The van der Waals surface area contributed by atoms with Gasteiger partial charge >= 0.3 is 0 Å². The Balaban J connectivity index is 2.17. The van der Waals surface area contributed by atoms with Crippen molar-refractivity contribution >= 4 is 22.6 Å². The van der Waals surface area contributed by atoms with E-state index in [2.05, 4.69) is 15.1 Å². The van der Waals surface area contributed by atoms with Gasteiger partial charge in [-0.2, -0.15) is 5.10 Å². The van der Waals surface area contributed by atoms with Crippen molar-refractivity contribution in [3.8, 4) is 0 Å². The Kier molecular flexibility index (Phi) is 3.38. The number of aryl methyl sites for hydroxylation is 1. The van der Waals surface area contributed by atoms with Gasteiger partial charge in [0.15, 0.2) is 0 Å². The quantitative estimate of drug-likeness (QED) is 0.804. The lowest BCUT2D eigenvalue weighted by molar-refractivity contribution is 0.602. The predicted octanol–water partition coefficient (Wildman–Crippen LogP) is 2.55. The molecule has 1 atom stereocenters. The summed E-state index contributed by atoms with van der Waals surface area (Å²) in [4.78, 5) is 8.68. The van der Waals surface area contributed by atoms with Crippen molar-refractivity contribution in [3.05, 3.63) is 53.1 Å². The minimum Gasteiger partial charge on any atom is -0.319 e. The van der Waals surface area contributed by atoms with E-state index in [0.29, 0.717) is 11.6 Å². The molecule has 3 rings (SSSR count). The molecule has 0 aliphatic heterocycles. The molecular weight excluding hydrogens is 274 g/mol. The van der Waals surface area contributed by atoms with Crippen molar-refractivity contribution < 1.29 is 0 Å². The molecule has 5 nitrogen and oxygen atoms in total. The Bertz CT molecular complexity index is 747. The monoisotopic (exact) mass is 287 g/mol. The Morgan fingerprint density at radius 3 is 2.90 bits per heavy atom. The molecule has 1 unspecified atom stereocenters. The van der Waals surface area contributed by atoms with E-state index in [1.165, 1.54) is 0 Å². The molecule has 0 radical (unpaired) electrons. The second-order valence-electron chi connectivity index (χ2n) is 4.44. The molecule has 20 heavy (non-hydrogen) atoms. The summed E-state index contributed by atoms with van der Waals surface area (Å²) in [7, 11) is 0. The predicted molar refractivity (Wildman–Crippen MR) is 78.5 cm³/mol. The average molecular weight is 288 g/mol. The van der Waals surface area contributed by atoms with Crippen molar-refractivity contribution in [2.45, 2.75) is 19.5 Å². The van der Waals surface area contributed by atoms with Crippen LogP contribution in [-0.2, 0) is 6.54 Å². The molecular formula is C14H14ClN5. The van der Waals surface area contributed by atoms with E-state index >= 15 is 0 Å². The Morgan fingerprint density at radius 1 is 1.30 bits per heavy atom. The maximum absolute atomic E-state index is 6.39. The second kappa shape index (κ2) is 5.19. The van der Waals surface area contributed by atoms with E-state index < -0.39 is 0 Å². The van der Waals surface area contributed by atoms with Gasteiger partial charge in [-0.25, -0.2) is 0 Å². The van der Waals surface area contributed by atoms with Gasteiger partial charge in [0.1, 0.15) is 0 Å². The van der Waals surface area contributed by atoms with E-state index in [9.17, 15) is 0 Å². The molecule has 0 saturated heterocycles. The molecule has 0 amide bonds. The molecule has 6 heteroatoms. The number of fused-ring (bicyclic) bond motifs is 1. The van der Waals surface area contributed by atoms with Gasteiger partial charge < -0.3 is 5.73 Å². The number of aromatic nitrogens is 4. The third-order valence-corrected chi connectivity index (χ3v) is 3.58. The molecule has 1 aromatic carbocycles. The van der Waals surface area contributed by atoms with Crippen LogP contribution in [0.2, 0.25) is 5.02 Å². The normalized spacial score (nSPS) is 12.8. The third kappa shape index (κ3) is 2.05. The third-order valence-electron chi connectivity index (χ3n) is 3.29. The molecule has 0 aliphatic rings. The van der Waals surface area contributed by atoms with E-state index in [0.717, 1.165) is 22.3 Å². The fourth-order valence-corrected chi connectivity index (χ4v) is 2.61. The van der Waals surface area contributed by atoms with E-state index in [4.69, 9.17) is 17.3 Å². The van der Waals surface area contributed by atoms with Gasteiger partial charge in [-0.1, -0.05) is 23.7 Å². The zero-order valence-corrected chi connectivity index (χ0v) is 11.7. The zero-order chi connectivity index (χ0) is 14.1.